The first-order valence-electron chi connectivity index (χ1n) is 10.0. The Morgan fingerprint density at radius 2 is 1.79 bits per heavy atom. The van der Waals surface area contributed by atoms with E-state index in [4.69, 9.17) is 23.7 Å². The topological polar surface area (TPSA) is 101 Å². The van der Waals surface area contributed by atoms with Gasteiger partial charge in [-0.3, -0.25) is 14.4 Å². The van der Waals surface area contributed by atoms with Crippen LogP contribution >= 0.6 is 0 Å². The Morgan fingerprint density at radius 1 is 1.14 bits per heavy atom. The van der Waals surface area contributed by atoms with E-state index in [-0.39, 0.29) is 18.7 Å². The van der Waals surface area contributed by atoms with Gasteiger partial charge in [-0.25, -0.2) is 0 Å². The highest BCUT2D eigenvalue weighted by molar-refractivity contribution is 5.68. The molecule has 0 aromatic rings. The van der Waals surface area contributed by atoms with Gasteiger partial charge in [0.25, 0.3) is 0 Å². The number of carbonyl (C=O) groups excluding carboxylic acids is 3. The summed E-state index contributed by atoms with van der Waals surface area (Å²) >= 11 is 0. The zero-order valence-electron chi connectivity index (χ0n) is 17.5. The number of esters is 3. The van der Waals surface area contributed by atoms with Crippen molar-refractivity contribution in [2.45, 2.75) is 77.5 Å². The fourth-order valence-corrected chi connectivity index (χ4v) is 5.88. The van der Waals surface area contributed by atoms with Crippen molar-refractivity contribution in [2.75, 3.05) is 13.2 Å². The zero-order chi connectivity index (χ0) is 21.2. The lowest BCUT2D eigenvalue weighted by atomic mass is 9.51. The number of fused-ring (bicyclic) bond motifs is 2. The first-order chi connectivity index (χ1) is 13.6. The molecule has 2 aliphatic carbocycles. The minimum Gasteiger partial charge on any atom is -0.465 e. The van der Waals surface area contributed by atoms with Crippen molar-refractivity contribution < 1.29 is 38.1 Å². The summed E-state index contributed by atoms with van der Waals surface area (Å²) in [5.74, 6) is -1.34. The summed E-state index contributed by atoms with van der Waals surface area (Å²) in [5, 5.41) is 0. The third-order valence-electron chi connectivity index (χ3n) is 7.36. The van der Waals surface area contributed by atoms with Crippen LogP contribution in [0.5, 0.6) is 0 Å². The normalized spacial score (nSPS) is 44.5. The van der Waals surface area contributed by atoms with Crippen molar-refractivity contribution >= 4 is 17.9 Å². The van der Waals surface area contributed by atoms with Crippen LogP contribution < -0.4 is 0 Å². The van der Waals surface area contributed by atoms with Gasteiger partial charge in [0.15, 0.2) is 12.2 Å². The van der Waals surface area contributed by atoms with Crippen LogP contribution in [-0.2, 0) is 38.1 Å². The summed E-state index contributed by atoms with van der Waals surface area (Å²) in [7, 11) is 0. The summed E-state index contributed by atoms with van der Waals surface area (Å²) in [4.78, 5) is 35.6. The summed E-state index contributed by atoms with van der Waals surface area (Å²) < 4.78 is 29.4. The molecule has 4 aliphatic rings. The molecule has 8 nitrogen and oxygen atoms in total. The molecule has 0 aromatic heterocycles. The predicted molar refractivity (Wildman–Crippen MR) is 98.6 cm³/mol. The maximum atomic E-state index is 12.0. The largest absolute Gasteiger partial charge is 0.465 e. The van der Waals surface area contributed by atoms with Gasteiger partial charge in [0, 0.05) is 26.2 Å². The van der Waals surface area contributed by atoms with Gasteiger partial charge in [-0.1, -0.05) is 18.6 Å². The van der Waals surface area contributed by atoms with Crippen LogP contribution in [0.25, 0.3) is 0 Å². The molecule has 2 aliphatic heterocycles. The van der Waals surface area contributed by atoms with E-state index < -0.39 is 46.7 Å². The van der Waals surface area contributed by atoms with E-state index in [0.29, 0.717) is 13.0 Å². The first-order valence-corrected chi connectivity index (χ1v) is 10.0. The maximum absolute atomic E-state index is 12.0. The van der Waals surface area contributed by atoms with E-state index in [1.165, 1.54) is 26.3 Å². The van der Waals surface area contributed by atoms with Gasteiger partial charge in [-0.15, -0.1) is 0 Å². The Balaban J connectivity index is 1.87. The van der Waals surface area contributed by atoms with Crippen molar-refractivity contribution in [3.8, 4) is 0 Å². The minimum absolute atomic E-state index is 0.107. The van der Waals surface area contributed by atoms with Gasteiger partial charge in [0.05, 0.1) is 18.1 Å². The van der Waals surface area contributed by atoms with E-state index in [1.54, 1.807) is 0 Å². The van der Waals surface area contributed by atoms with Gasteiger partial charge in [-0.05, 0) is 19.8 Å². The number of hydrogen-bond acceptors (Lipinski definition) is 8. The number of rotatable bonds is 4. The van der Waals surface area contributed by atoms with Crippen LogP contribution in [0.4, 0.5) is 0 Å². The Labute approximate surface area is 169 Å². The predicted octanol–water partition coefficient (Wildman–Crippen LogP) is 1.70. The fraction of sp³-hybridized carbons (Fsp3) is 0.762. The van der Waals surface area contributed by atoms with E-state index in [1.807, 2.05) is 13.8 Å². The number of hydrogen-bond donors (Lipinski definition) is 0. The molecule has 160 valence electrons. The molecule has 0 radical (unpaired) electrons. The van der Waals surface area contributed by atoms with Crippen LogP contribution in [0.1, 0.15) is 47.5 Å². The van der Waals surface area contributed by atoms with E-state index in [9.17, 15) is 14.4 Å². The smallest absolute Gasteiger partial charge is 0.303 e. The molecule has 0 amide bonds. The molecule has 2 bridgehead atoms. The molecule has 1 saturated carbocycles. The average molecular weight is 408 g/mol. The second-order valence-corrected chi connectivity index (χ2v) is 8.91. The average Bonchev–Trinajstić information content (AvgIpc) is 3.40. The molecular weight excluding hydrogens is 380 g/mol. The van der Waals surface area contributed by atoms with Crippen LogP contribution in [0.3, 0.4) is 0 Å². The summed E-state index contributed by atoms with van der Waals surface area (Å²) in [6.07, 6.45) is 1.00. The minimum atomic E-state index is -0.794. The number of allylic oxidation sites excluding steroid dienone is 1. The van der Waals surface area contributed by atoms with Crippen molar-refractivity contribution in [3.05, 3.63) is 11.6 Å². The van der Waals surface area contributed by atoms with Crippen LogP contribution in [0.15, 0.2) is 11.6 Å². The molecule has 7 atom stereocenters. The second kappa shape index (κ2) is 6.54. The highest BCUT2D eigenvalue weighted by Crippen LogP contribution is 2.72. The summed E-state index contributed by atoms with van der Waals surface area (Å²) in [5.41, 5.74) is -1.04. The van der Waals surface area contributed by atoms with Gasteiger partial charge in [0.1, 0.15) is 18.3 Å². The maximum Gasteiger partial charge on any atom is 0.303 e. The quantitative estimate of drug-likeness (QED) is 0.300. The van der Waals surface area contributed by atoms with Gasteiger partial charge >= 0.3 is 17.9 Å². The Kier molecular flexibility index (Phi) is 4.59. The van der Waals surface area contributed by atoms with Crippen molar-refractivity contribution in [1.82, 2.24) is 0 Å². The van der Waals surface area contributed by atoms with Crippen LogP contribution in [0.2, 0.25) is 0 Å². The second-order valence-electron chi connectivity index (χ2n) is 8.91. The highest BCUT2D eigenvalue weighted by atomic mass is 16.7. The lowest BCUT2D eigenvalue weighted by molar-refractivity contribution is -0.233. The SMILES string of the molecule is CC(=O)OC[C@]12CCC(C)=C[C@H]1O[C@@H]1[C@H](OC(C)=O)[C@@H](OC(C)=O)[C@@]2(C)[C@@]12CO2. The van der Waals surface area contributed by atoms with E-state index in [0.717, 1.165) is 6.42 Å². The van der Waals surface area contributed by atoms with E-state index >= 15 is 0 Å². The molecule has 2 saturated heterocycles. The van der Waals surface area contributed by atoms with Crippen LogP contribution in [-0.4, -0.2) is 61.1 Å². The zero-order valence-corrected chi connectivity index (χ0v) is 17.5. The highest BCUT2D eigenvalue weighted by Gasteiger charge is 2.86. The Hall–Kier alpha value is -1.93. The van der Waals surface area contributed by atoms with Gasteiger partial charge in [-0.2, -0.15) is 0 Å². The van der Waals surface area contributed by atoms with Crippen LogP contribution in [0, 0.1) is 10.8 Å². The van der Waals surface area contributed by atoms with Gasteiger partial charge in [0.2, 0.25) is 0 Å². The lowest BCUT2D eigenvalue weighted by Gasteiger charge is -2.57. The molecule has 0 aromatic carbocycles. The third kappa shape index (κ3) is 2.68. The molecule has 4 rings (SSSR count). The Bertz CT molecular complexity index is 784. The summed E-state index contributed by atoms with van der Waals surface area (Å²) in [6, 6.07) is 0. The number of epoxide rings is 1. The molecule has 0 N–H and O–H groups in total. The lowest BCUT2D eigenvalue weighted by Crippen LogP contribution is -2.66. The molecule has 2 heterocycles. The monoisotopic (exact) mass is 408 g/mol. The molecule has 3 fully saturated rings. The fourth-order valence-electron chi connectivity index (χ4n) is 5.88. The molecule has 0 unspecified atom stereocenters. The molecule has 29 heavy (non-hydrogen) atoms. The first kappa shape index (κ1) is 20.3. The van der Waals surface area contributed by atoms with Crippen molar-refractivity contribution in [1.29, 1.82) is 0 Å². The number of carbonyl (C=O) groups is 3. The summed E-state index contributed by atoms with van der Waals surface area (Å²) in [6.45, 7) is 8.57. The third-order valence-corrected chi connectivity index (χ3v) is 7.36. The number of ether oxygens (including phenoxy) is 5. The molecular formula is C21H28O8. The molecule has 8 heteroatoms. The van der Waals surface area contributed by atoms with Crippen molar-refractivity contribution in [2.24, 2.45) is 10.8 Å². The van der Waals surface area contributed by atoms with Crippen molar-refractivity contribution in [3.63, 3.8) is 0 Å². The van der Waals surface area contributed by atoms with Gasteiger partial charge < -0.3 is 23.7 Å². The van der Waals surface area contributed by atoms with E-state index in [2.05, 4.69) is 6.08 Å². The Morgan fingerprint density at radius 3 is 2.34 bits per heavy atom. The standard InChI is InChI=1S/C21H28O8/c1-11-6-7-20(9-25-12(2)22)15(8-11)29-18-16(27-13(3)23)17(28-14(4)24)19(20,5)21(18)10-26-21/h8,15-18H,6-7,9-10H2,1-5H3/t15-,16-,17-,18-,19-,20-,21-/m1/s1. The molecule has 1 spiro atoms.